The van der Waals surface area contributed by atoms with Gasteiger partial charge in [-0.2, -0.15) is 0 Å². The summed E-state index contributed by atoms with van der Waals surface area (Å²) < 4.78 is 13.7. The first kappa shape index (κ1) is 22.5. The van der Waals surface area contributed by atoms with Crippen LogP contribution < -0.4 is 9.47 Å². The van der Waals surface area contributed by atoms with E-state index in [-0.39, 0.29) is 6.61 Å². The first-order valence-corrected chi connectivity index (χ1v) is 11.2. The molecule has 1 aromatic heterocycles. The molecule has 1 heterocycles. The average Bonchev–Trinajstić information content (AvgIpc) is 3.09. The molecule has 5 nitrogen and oxygen atoms in total. The molecule has 0 saturated heterocycles. The fourth-order valence-corrected chi connectivity index (χ4v) is 4.30. The maximum atomic E-state index is 6.28. The number of halogens is 2. The molecule has 0 radical (unpaired) electrons. The Bertz CT molecular complexity index is 1020. The van der Waals surface area contributed by atoms with Crippen LogP contribution in [0.4, 0.5) is 0 Å². The SMILES string of the molecule is C=CCn1c(COc2ccc(C)cc2OCC)nnc1SCc1ccc(Cl)cc1Cl. The standard InChI is InChI=1S/C22H23Cl2N3O2S/c1-4-10-27-21(13-29-19-9-6-15(3)11-20(19)28-5-2)25-26-22(27)30-14-16-7-8-17(23)12-18(16)24/h4,6-9,11-12H,1,5,10,13-14H2,2-3H3. The van der Waals surface area contributed by atoms with Gasteiger partial charge < -0.3 is 9.47 Å². The van der Waals surface area contributed by atoms with Crippen LogP contribution in [0.5, 0.6) is 11.5 Å². The third-order valence-corrected chi connectivity index (χ3v) is 5.84. The lowest BCUT2D eigenvalue weighted by Crippen LogP contribution is -2.08. The van der Waals surface area contributed by atoms with Gasteiger partial charge in [0.15, 0.2) is 22.5 Å². The van der Waals surface area contributed by atoms with Crippen molar-refractivity contribution in [3.05, 3.63) is 76.0 Å². The Labute approximate surface area is 191 Å². The van der Waals surface area contributed by atoms with E-state index in [4.69, 9.17) is 32.7 Å². The van der Waals surface area contributed by atoms with Crippen LogP contribution in [0.3, 0.4) is 0 Å². The van der Waals surface area contributed by atoms with E-state index >= 15 is 0 Å². The Balaban J connectivity index is 1.73. The normalized spacial score (nSPS) is 10.8. The van der Waals surface area contributed by atoms with Crippen LogP contribution in [0.1, 0.15) is 23.9 Å². The molecule has 0 N–H and O–H groups in total. The Morgan fingerprint density at radius 1 is 1.10 bits per heavy atom. The number of hydrogen-bond acceptors (Lipinski definition) is 5. The van der Waals surface area contributed by atoms with Gasteiger partial charge in [-0.15, -0.1) is 16.8 Å². The molecule has 0 aliphatic carbocycles. The predicted molar refractivity (Wildman–Crippen MR) is 123 cm³/mol. The molecule has 0 saturated carbocycles. The Hall–Kier alpha value is -2.15. The van der Waals surface area contributed by atoms with Gasteiger partial charge in [0.1, 0.15) is 6.61 Å². The zero-order valence-corrected chi connectivity index (χ0v) is 19.2. The molecular formula is C22H23Cl2N3O2S. The van der Waals surface area contributed by atoms with Gasteiger partial charge in [-0.05, 0) is 49.2 Å². The van der Waals surface area contributed by atoms with Crippen LogP contribution in [0.15, 0.2) is 54.2 Å². The second-order valence-electron chi connectivity index (χ2n) is 6.49. The van der Waals surface area contributed by atoms with E-state index in [0.717, 1.165) is 22.0 Å². The van der Waals surface area contributed by atoms with Crippen molar-refractivity contribution in [2.24, 2.45) is 0 Å². The highest BCUT2D eigenvalue weighted by Gasteiger charge is 2.15. The minimum atomic E-state index is 0.270. The topological polar surface area (TPSA) is 49.2 Å². The molecule has 0 unspecified atom stereocenters. The van der Waals surface area contributed by atoms with Crippen molar-refractivity contribution in [3.8, 4) is 11.5 Å². The molecular weight excluding hydrogens is 441 g/mol. The van der Waals surface area contributed by atoms with Gasteiger partial charge >= 0.3 is 0 Å². The van der Waals surface area contributed by atoms with Crippen LogP contribution in [0, 0.1) is 6.92 Å². The summed E-state index contributed by atoms with van der Waals surface area (Å²) in [7, 11) is 0. The summed E-state index contributed by atoms with van der Waals surface area (Å²) in [6.07, 6.45) is 1.81. The molecule has 2 aromatic carbocycles. The van der Waals surface area contributed by atoms with Gasteiger partial charge in [0.05, 0.1) is 6.61 Å². The Kier molecular flexibility index (Phi) is 8.08. The van der Waals surface area contributed by atoms with Gasteiger partial charge in [-0.25, -0.2) is 0 Å². The first-order chi connectivity index (χ1) is 14.5. The third-order valence-electron chi connectivity index (χ3n) is 4.23. The maximum Gasteiger partial charge on any atom is 0.191 e. The largest absolute Gasteiger partial charge is 0.490 e. The lowest BCUT2D eigenvalue weighted by molar-refractivity contribution is 0.259. The van der Waals surface area contributed by atoms with Gasteiger partial charge in [-0.3, -0.25) is 4.57 Å². The van der Waals surface area contributed by atoms with Crippen LogP contribution in [-0.4, -0.2) is 21.4 Å². The minimum absolute atomic E-state index is 0.270. The highest BCUT2D eigenvalue weighted by atomic mass is 35.5. The molecule has 0 spiro atoms. The van der Waals surface area contributed by atoms with E-state index in [2.05, 4.69) is 16.8 Å². The lowest BCUT2D eigenvalue weighted by Gasteiger charge is -2.13. The monoisotopic (exact) mass is 463 g/mol. The summed E-state index contributed by atoms with van der Waals surface area (Å²) in [5, 5.41) is 10.7. The van der Waals surface area contributed by atoms with Gasteiger partial charge in [0.2, 0.25) is 0 Å². The first-order valence-electron chi connectivity index (χ1n) is 9.47. The molecule has 3 aromatic rings. The van der Waals surface area contributed by atoms with Crippen molar-refractivity contribution < 1.29 is 9.47 Å². The van der Waals surface area contributed by atoms with Crippen LogP contribution >= 0.6 is 35.0 Å². The number of thioether (sulfide) groups is 1. The van der Waals surface area contributed by atoms with E-state index in [9.17, 15) is 0 Å². The molecule has 0 bridgehead atoms. The average molecular weight is 464 g/mol. The minimum Gasteiger partial charge on any atom is -0.490 e. The number of hydrogen-bond donors (Lipinski definition) is 0. The van der Waals surface area contributed by atoms with Crippen LogP contribution in [0.25, 0.3) is 0 Å². The van der Waals surface area contributed by atoms with Gasteiger partial charge in [-0.1, -0.05) is 53.2 Å². The van der Waals surface area contributed by atoms with Crippen molar-refractivity contribution in [3.63, 3.8) is 0 Å². The predicted octanol–water partition coefficient (Wildman–Crippen LogP) is 6.35. The van der Waals surface area contributed by atoms with Crippen LogP contribution in [0.2, 0.25) is 10.0 Å². The van der Waals surface area contributed by atoms with Crippen molar-refractivity contribution in [1.29, 1.82) is 0 Å². The van der Waals surface area contributed by atoms with E-state index in [1.54, 1.807) is 17.8 Å². The summed E-state index contributed by atoms with van der Waals surface area (Å²) in [4.78, 5) is 0. The number of aryl methyl sites for hydroxylation is 1. The van der Waals surface area contributed by atoms with E-state index < -0.39 is 0 Å². The molecule has 30 heavy (non-hydrogen) atoms. The molecule has 0 aliphatic heterocycles. The number of rotatable bonds is 10. The molecule has 8 heteroatoms. The Morgan fingerprint density at radius 3 is 2.67 bits per heavy atom. The van der Waals surface area contributed by atoms with Gasteiger partial charge in [0, 0.05) is 22.3 Å². The molecule has 0 atom stereocenters. The zero-order valence-electron chi connectivity index (χ0n) is 16.9. The summed E-state index contributed by atoms with van der Waals surface area (Å²) in [6, 6.07) is 11.3. The second kappa shape index (κ2) is 10.8. The summed E-state index contributed by atoms with van der Waals surface area (Å²) in [5.74, 6) is 2.76. The number of benzene rings is 2. The molecule has 158 valence electrons. The molecule has 3 rings (SSSR count). The highest BCUT2D eigenvalue weighted by Crippen LogP contribution is 2.30. The van der Waals surface area contributed by atoms with Crippen molar-refractivity contribution in [2.75, 3.05) is 6.61 Å². The number of allylic oxidation sites excluding steroid dienone is 1. The highest BCUT2D eigenvalue weighted by molar-refractivity contribution is 7.98. The molecule has 0 fully saturated rings. The lowest BCUT2D eigenvalue weighted by atomic mass is 10.2. The third kappa shape index (κ3) is 5.72. The summed E-state index contributed by atoms with van der Waals surface area (Å²) in [6.45, 7) is 9.23. The van der Waals surface area contributed by atoms with Crippen molar-refractivity contribution in [2.45, 2.75) is 37.9 Å². The van der Waals surface area contributed by atoms with Gasteiger partial charge in [0.25, 0.3) is 0 Å². The van der Waals surface area contributed by atoms with Crippen LogP contribution in [-0.2, 0) is 18.9 Å². The number of aromatic nitrogens is 3. The maximum absolute atomic E-state index is 6.28. The molecule has 0 amide bonds. The number of ether oxygens (including phenoxy) is 2. The number of nitrogens with zero attached hydrogens (tertiary/aromatic N) is 3. The fourth-order valence-electron chi connectivity index (χ4n) is 2.77. The van der Waals surface area contributed by atoms with E-state index in [1.807, 2.05) is 54.8 Å². The van der Waals surface area contributed by atoms with E-state index in [0.29, 0.717) is 40.5 Å². The van der Waals surface area contributed by atoms with Crippen molar-refractivity contribution in [1.82, 2.24) is 14.8 Å². The van der Waals surface area contributed by atoms with E-state index in [1.165, 1.54) is 0 Å². The summed E-state index contributed by atoms with van der Waals surface area (Å²) in [5.41, 5.74) is 2.10. The van der Waals surface area contributed by atoms with Crippen molar-refractivity contribution >= 4 is 35.0 Å². The quantitative estimate of drug-likeness (QED) is 0.259. The fraction of sp³-hybridized carbons (Fsp3) is 0.273. The smallest absolute Gasteiger partial charge is 0.191 e. The second-order valence-corrected chi connectivity index (χ2v) is 8.28. The molecule has 0 aliphatic rings. The summed E-state index contributed by atoms with van der Waals surface area (Å²) >= 11 is 13.8. The Morgan fingerprint density at radius 2 is 1.93 bits per heavy atom. The zero-order chi connectivity index (χ0) is 21.5.